The molecule has 1 saturated heterocycles. The minimum Gasteiger partial charge on any atom is -0.437 e. The Morgan fingerprint density at radius 3 is 2.40 bits per heavy atom. The molecule has 0 spiro atoms. The number of benzene rings is 1. The highest BCUT2D eigenvalue weighted by molar-refractivity contribution is 5.59. The quantitative estimate of drug-likeness (QED) is 0.739. The van der Waals surface area contributed by atoms with E-state index in [-0.39, 0.29) is 0 Å². The molecule has 1 aromatic carbocycles. The van der Waals surface area contributed by atoms with E-state index in [1.54, 1.807) is 12.4 Å². The molecular formula is C20H20N4O. The molecule has 0 bridgehead atoms. The molecule has 0 radical (unpaired) electrons. The summed E-state index contributed by atoms with van der Waals surface area (Å²) in [4.78, 5) is 11.0. The van der Waals surface area contributed by atoms with Crippen LogP contribution in [-0.4, -0.2) is 23.1 Å². The smallest absolute Gasteiger partial charge is 0.243 e. The van der Waals surface area contributed by atoms with Gasteiger partial charge in [-0.15, -0.1) is 0 Å². The lowest BCUT2D eigenvalue weighted by Gasteiger charge is -2.20. The van der Waals surface area contributed by atoms with Crippen LogP contribution < -0.4 is 15.0 Å². The molecule has 0 amide bonds. The van der Waals surface area contributed by atoms with Crippen molar-refractivity contribution in [2.45, 2.75) is 12.8 Å². The zero-order valence-electron chi connectivity index (χ0n) is 13.9. The number of ether oxygens (including phenoxy) is 1. The van der Waals surface area contributed by atoms with E-state index in [1.165, 1.54) is 12.8 Å². The fourth-order valence-electron chi connectivity index (χ4n) is 2.96. The maximum Gasteiger partial charge on any atom is 0.243 e. The summed E-state index contributed by atoms with van der Waals surface area (Å²) in [5.74, 6) is 2.25. The number of hydrogen-bond acceptors (Lipinski definition) is 5. The third-order valence-corrected chi connectivity index (χ3v) is 4.20. The van der Waals surface area contributed by atoms with Gasteiger partial charge in [0.05, 0.1) is 0 Å². The molecular weight excluding hydrogens is 312 g/mol. The monoisotopic (exact) mass is 332 g/mol. The topological polar surface area (TPSA) is 50.3 Å². The zero-order valence-corrected chi connectivity index (χ0v) is 13.9. The van der Waals surface area contributed by atoms with E-state index in [2.05, 4.69) is 26.3 Å². The van der Waals surface area contributed by atoms with Crippen molar-refractivity contribution in [2.75, 3.05) is 23.3 Å². The highest BCUT2D eigenvalue weighted by Crippen LogP contribution is 2.32. The van der Waals surface area contributed by atoms with E-state index in [0.29, 0.717) is 5.88 Å². The number of hydrogen-bond donors (Lipinski definition) is 1. The molecule has 5 heteroatoms. The minimum atomic E-state index is 0.662. The molecule has 0 aliphatic carbocycles. The first-order valence-corrected chi connectivity index (χ1v) is 8.54. The summed E-state index contributed by atoms with van der Waals surface area (Å²) in [5.41, 5.74) is 2.03. The van der Waals surface area contributed by atoms with Crippen molar-refractivity contribution in [1.29, 1.82) is 0 Å². The number of anilines is 3. The maximum absolute atomic E-state index is 6.03. The van der Waals surface area contributed by atoms with Gasteiger partial charge in [0.15, 0.2) is 0 Å². The van der Waals surface area contributed by atoms with Crippen molar-refractivity contribution < 1.29 is 4.74 Å². The first kappa shape index (κ1) is 15.4. The van der Waals surface area contributed by atoms with Crippen LogP contribution in [0.3, 0.4) is 0 Å². The molecule has 1 aliphatic heterocycles. The lowest BCUT2D eigenvalue weighted by atomic mass is 10.3. The second-order valence-electron chi connectivity index (χ2n) is 5.99. The van der Waals surface area contributed by atoms with Gasteiger partial charge in [-0.25, -0.2) is 9.97 Å². The minimum absolute atomic E-state index is 0.662. The number of rotatable bonds is 5. The van der Waals surface area contributed by atoms with Crippen LogP contribution in [0.15, 0.2) is 67.0 Å². The van der Waals surface area contributed by atoms with E-state index < -0.39 is 0 Å². The van der Waals surface area contributed by atoms with Crippen LogP contribution in [0.25, 0.3) is 0 Å². The van der Waals surface area contributed by atoms with Crippen molar-refractivity contribution in [3.8, 4) is 11.6 Å². The van der Waals surface area contributed by atoms with Gasteiger partial charge in [-0.05, 0) is 61.4 Å². The van der Waals surface area contributed by atoms with Gasteiger partial charge in [-0.2, -0.15) is 0 Å². The van der Waals surface area contributed by atoms with Gasteiger partial charge >= 0.3 is 0 Å². The molecule has 3 aromatic rings. The Labute approximate surface area is 147 Å². The molecule has 4 rings (SSSR count). The van der Waals surface area contributed by atoms with Crippen LogP contribution in [0, 0.1) is 0 Å². The third-order valence-electron chi connectivity index (χ3n) is 4.20. The number of aromatic nitrogens is 2. The zero-order chi connectivity index (χ0) is 16.9. The molecule has 1 fully saturated rings. The molecule has 1 N–H and O–H groups in total. The fourth-order valence-corrected chi connectivity index (χ4v) is 2.96. The van der Waals surface area contributed by atoms with Gasteiger partial charge < -0.3 is 15.0 Å². The van der Waals surface area contributed by atoms with E-state index in [0.717, 1.165) is 36.0 Å². The fraction of sp³-hybridized carbons (Fsp3) is 0.200. The highest BCUT2D eigenvalue weighted by atomic mass is 16.5. The van der Waals surface area contributed by atoms with Crippen LogP contribution in [0.1, 0.15) is 12.8 Å². The third kappa shape index (κ3) is 3.71. The Kier molecular flexibility index (Phi) is 4.46. The lowest BCUT2D eigenvalue weighted by Crippen LogP contribution is -2.18. The molecule has 0 unspecified atom stereocenters. The van der Waals surface area contributed by atoms with Crippen molar-refractivity contribution in [3.05, 3.63) is 67.0 Å². The molecule has 0 saturated carbocycles. The molecule has 2 aromatic heterocycles. The largest absolute Gasteiger partial charge is 0.437 e. The Bertz CT molecular complexity index is 815. The van der Waals surface area contributed by atoms with E-state index >= 15 is 0 Å². The van der Waals surface area contributed by atoms with Gasteiger partial charge in [0, 0.05) is 31.2 Å². The Balaban J connectivity index is 1.48. The van der Waals surface area contributed by atoms with Gasteiger partial charge in [0.2, 0.25) is 5.88 Å². The number of pyridine rings is 2. The molecule has 1 aliphatic rings. The summed E-state index contributed by atoms with van der Waals surface area (Å²) in [6.07, 6.45) is 5.98. The summed E-state index contributed by atoms with van der Waals surface area (Å²) in [5, 5.41) is 3.26. The first-order chi connectivity index (χ1) is 12.4. The second-order valence-corrected chi connectivity index (χ2v) is 5.99. The second kappa shape index (κ2) is 7.21. The van der Waals surface area contributed by atoms with E-state index in [1.807, 2.05) is 48.5 Å². The van der Waals surface area contributed by atoms with Crippen LogP contribution in [-0.2, 0) is 0 Å². The predicted octanol–water partition coefficient (Wildman–Crippen LogP) is 4.61. The molecule has 3 heterocycles. The Morgan fingerprint density at radius 1 is 0.840 bits per heavy atom. The van der Waals surface area contributed by atoms with Crippen molar-refractivity contribution in [1.82, 2.24) is 9.97 Å². The van der Waals surface area contributed by atoms with Crippen LogP contribution in [0.5, 0.6) is 11.6 Å². The Morgan fingerprint density at radius 2 is 1.64 bits per heavy atom. The molecule has 126 valence electrons. The van der Waals surface area contributed by atoms with Gasteiger partial charge in [-0.1, -0.05) is 6.07 Å². The van der Waals surface area contributed by atoms with E-state index in [9.17, 15) is 0 Å². The lowest BCUT2D eigenvalue weighted by molar-refractivity contribution is 0.463. The van der Waals surface area contributed by atoms with Crippen molar-refractivity contribution in [2.24, 2.45) is 0 Å². The summed E-state index contributed by atoms with van der Waals surface area (Å²) in [6.45, 7) is 2.13. The standard InChI is InChI=1S/C20H20N4O/c1-2-12-21-19(7-1)23-16-8-10-17(11-9-16)25-20-18(6-5-13-22-20)24-14-3-4-15-24/h1-2,5-13H,3-4,14-15H2,(H,21,23). The summed E-state index contributed by atoms with van der Waals surface area (Å²) in [7, 11) is 0. The Hall–Kier alpha value is -3.08. The molecule has 0 atom stereocenters. The summed E-state index contributed by atoms with van der Waals surface area (Å²) < 4.78 is 6.03. The van der Waals surface area contributed by atoms with Crippen molar-refractivity contribution in [3.63, 3.8) is 0 Å². The predicted molar refractivity (Wildman–Crippen MR) is 99.7 cm³/mol. The van der Waals surface area contributed by atoms with Crippen LogP contribution >= 0.6 is 0 Å². The number of nitrogens with one attached hydrogen (secondary N) is 1. The number of nitrogens with zero attached hydrogens (tertiary/aromatic N) is 3. The molecule has 25 heavy (non-hydrogen) atoms. The average Bonchev–Trinajstić information content (AvgIpc) is 3.19. The van der Waals surface area contributed by atoms with Gasteiger partial charge in [-0.3, -0.25) is 0 Å². The van der Waals surface area contributed by atoms with E-state index in [4.69, 9.17) is 4.74 Å². The average molecular weight is 332 g/mol. The summed E-state index contributed by atoms with van der Waals surface area (Å²) >= 11 is 0. The highest BCUT2D eigenvalue weighted by Gasteiger charge is 2.17. The summed E-state index contributed by atoms with van der Waals surface area (Å²) in [6, 6.07) is 17.6. The SMILES string of the molecule is c1ccc(Nc2ccc(Oc3ncccc3N3CCCC3)cc2)nc1. The normalized spacial score (nSPS) is 13.7. The van der Waals surface area contributed by atoms with Crippen LogP contribution in [0.4, 0.5) is 17.2 Å². The molecule has 5 nitrogen and oxygen atoms in total. The van der Waals surface area contributed by atoms with Gasteiger partial charge in [0.1, 0.15) is 17.3 Å². The van der Waals surface area contributed by atoms with Crippen LogP contribution in [0.2, 0.25) is 0 Å². The van der Waals surface area contributed by atoms with Gasteiger partial charge in [0.25, 0.3) is 0 Å². The maximum atomic E-state index is 6.03. The van der Waals surface area contributed by atoms with Crippen molar-refractivity contribution >= 4 is 17.2 Å². The first-order valence-electron chi connectivity index (χ1n) is 8.54.